The van der Waals surface area contributed by atoms with Crippen LogP contribution in [-0.4, -0.2) is 15.6 Å². The highest BCUT2D eigenvalue weighted by Gasteiger charge is 2.10. The van der Waals surface area contributed by atoms with E-state index >= 15 is 0 Å². The molecular formula is C8H14N4O. The number of nitrogen functional groups attached to an aromatic ring is 1. The van der Waals surface area contributed by atoms with E-state index in [1.807, 2.05) is 13.8 Å². The number of aromatic nitrogens is 2. The second kappa shape index (κ2) is 3.57. The van der Waals surface area contributed by atoms with Gasteiger partial charge < -0.3 is 11.5 Å². The fraction of sp³-hybridized carbons (Fsp3) is 0.500. The predicted octanol–water partition coefficient (Wildman–Crippen LogP) is -0.266. The van der Waals surface area contributed by atoms with Gasteiger partial charge in [-0.2, -0.15) is 4.98 Å². The van der Waals surface area contributed by atoms with Gasteiger partial charge in [0.1, 0.15) is 5.82 Å². The highest BCUT2D eigenvalue weighted by Crippen LogP contribution is 2.05. The topological polar surface area (TPSA) is 86.9 Å². The van der Waals surface area contributed by atoms with Gasteiger partial charge in [-0.15, -0.1) is 0 Å². The van der Waals surface area contributed by atoms with Crippen molar-refractivity contribution in [3.05, 3.63) is 22.7 Å². The van der Waals surface area contributed by atoms with E-state index in [1.54, 1.807) is 12.3 Å². The van der Waals surface area contributed by atoms with Gasteiger partial charge in [0.05, 0.1) is 6.04 Å². The zero-order valence-electron chi connectivity index (χ0n) is 7.77. The van der Waals surface area contributed by atoms with Crippen molar-refractivity contribution in [3.63, 3.8) is 0 Å². The molecule has 72 valence electrons. The molecule has 0 spiro atoms. The first kappa shape index (κ1) is 9.73. The van der Waals surface area contributed by atoms with E-state index in [0.29, 0.717) is 0 Å². The van der Waals surface area contributed by atoms with Gasteiger partial charge in [-0.25, -0.2) is 4.79 Å². The van der Waals surface area contributed by atoms with Crippen LogP contribution < -0.4 is 17.2 Å². The van der Waals surface area contributed by atoms with E-state index in [4.69, 9.17) is 11.5 Å². The molecule has 0 aliphatic carbocycles. The lowest BCUT2D eigenvalue weighted by molar-refractivity contribution is 0.446. The Morgan fingerprint density at radius 2 is 2.15 bits per heavy atom. The Morgan fingerprint density at radius 3 is 2.62 bits per heavy atom. The van der Waals surface area contributed by atoms with Gasteiger partial charge in [0.2, 0.25) is 0 Å². The van der Waals surface area contributed by atoms with E-state index < -0.39 is 0 Å². The van der Waals surface area contributed by atoms with Gasteiger partial charge in [-0.1, -0.05) is 0 Å². The molecule has 2 atom stereocenters. The summed E-state index contributed by atoms with van der Waals surface area (Å²) >= 11 is 0. The van der Waals surface area contributed by atoms with Crippen LogP contribution >= 0.6 is 0 Å². The van der Waals surface area contributed by atoms with Crippen molar-refractivity contribution in [3.8, 4) is 0 Å². The number of anilines is 1. The van der Waals surface area contributed by atoms with Gasteiger partial charge >= 0.3 is 5.69 Å². The lowest BCUT2D eigenvalue weighted by Crippen LogP contribution is -2.34. The Balaban J connectivity index is 3.09. The molecule has 0 saturated carbocycles. The smallest absolute Gasteiger partial charge is 0.349 e. The summed E-state index contributed by atoms with van der Waals surface area (Å²) in [5.41, 5.74) is 10.6. The van der Waals surface area contributed by atoms with Gasteiger partial charge in [-0.3, -0.25) is 4.57 Å². The van der Waals surface area contributed by atoms with Gasteiger partial charge in [0, 0.05) is 12.2 Å². The normalized spacial score (nSPS) is 15.3. The maximum Gasteiger partial charge on any atom is 0.349 e. The molecule has 0 aliphatic heterocycles. The first-order valence-corrected chi connectivity index (χ1v) is 4.12. The van der Waals surface area contributed by atoms with Crippen molar-refractivity contribution in [2.24, 2.45) is 5.73 Å². The molecule has 13 heavy (non-hydrogen) atoms. The molecule has 1 aromatic heterocycles. The summed E-state index contributed by atoms with van der Waals surface area (Å²) < 4.78 is 1.47. The SMILES string of the molecule is CC(N)C(C)n1ccc(N)nc1=O. The molecule has 0 aliphatic rings. The van der Waals surface area contributed by atoms with Crippen LogP contribution in [0.25, 0.3) is 0 Å². The molecule has 2 unspecified atom stereocenters. The molecule has 0 bridgehead atoms. The predicted molar refractivity (Wildman–Crippen MR) is 51.3 cm³/mol. The zero-order valence-corrected chi connectivity index (χ0v) is 7.77. The molecule has 0 amide bonds. The molecule has 5 heteroatoms. The highest BCUT2D eigenvalue weighted by molar-refractivity contribution is 5.23. The number of nitrogens with zero attached hydrogens (tertiary/aromatic N) is 2. The van der Waals surface area contributed by atoms with Crippen molar-refractivity contribution in [2.45, 2.75) is 25.9 Å². The third-order valence-electron chi connectivity index (χ3n) is 2.05. The second-order valence-corrected chi connectivity index (χ2v) is 3.14. The molecule has 0 fully saturated rings. The summed E-state index contributed by atoms with van der Waals surface area (Å²) in [6.45, 7) is 3.71. The van der Waals surface area contributed by atoms with Crippen LogP contribution in [0.3, 0.4) is 0 Å². The van der Waals surface area contributed by atoms with Crippen LogP contribution in [0.4, 0.5) is 5.82 Å². The third kappa shape index (κ3) is 2.06. The molecular weight excluding hydrogens is 168 g/mol. The van der Waals surface area contributed by atoms with E-state index in [1.165, 1.54) is 4.57 Å². The van der Waals surface area contributed by atoms with Crippen molar-refractivity contribution in [1.82, 2.24) is 9.55 Å². The van der Waals surface area contributed by atoms with Crippen molar-refractivity contribution >= 4 is 5.82 Å². The molecule has 0 aromatic carbocycles. The molecule has 5 nitrogen and oxygen atoms in total. The van der Waals surface area contributed by atoms with E-state index in [2.05, 4.69) is 4.98 Å². The Hall–Kier alpha value is -1.36. The monoisotopic (exact) mass is 182 g/mol. The lowest BCUT2D eigenvalue weighted by Gasteiger charge is -2.17. The summed E-state index contributed by atoms with van der Waals surface area (Å²) in [5.74, 6) is 0.234. The number of rotatable bonds is 2. The quantitative estimate of drug-likeness (QED) is 0.659. The largest absolute Gasteiger partial charge is 0.383 e. The standard InChI is InChI=1S/C8H14N4O/c1-5(9)6(2)12-4-3-7(10)11-8(12)13/h3-6H,9H2,1-2H3,(H2,10,11,13). The zero-order chi connectivity index (χ0) is 10.0. The minimum absolute atomic E-state index is 0.0689. The van der Waals surface area contributed by atoms with Crippen molar-refractivity contribution < 1.29 is 0 Å². The Kier molecular flexibility index (Phi) is 2.67. The first-order chi connectivity index (χ1) is 6.02. The summed E-state index contributed by atoms with van der Waals surface area (Å²) in [6, 6.07) is 1.42. The van der Waals surface area contributed by atoms with Gasteiger partial charge in [0.15, 0.2) is 0 Å². The fourth-order valence-electron chi connectivity index (χ4n) is 0.989. The van der Waals surface area contributed by atoms with Crippen molar-refractivity contribution in [1.29, 1.82) is 0 Å². The first-order valence-electron chi connectivity index (χ1n) is 4.12. The summed E-state index contributed by atoms with van der Waals surface area (Å²) in [7, 11) is 0. The van der Waals surface area contributed by atoms with Crippen LogP contribution in [0.2, 0.25) is 0 Å². The fourth-order valence-corrected chi connectivity index (χ4v) is 0.989. The van der Waals surface area contributed by atoms with Gasteiger partial charge in [0.25, 0.3) is 0 Å². The minimum Gasteiger partial charge on any atom is -0.383 e. The summed E-state index contributed by atoms with van der Waals surface area (Å²) in [5, 5.41) is 0. The second-order valence-electron chi connectivity index (χ2n) is 3.14. The average molecular weight is 182 g/mol. The Labute approximate surface area is 76.4 Å². The van der Waals surface area contributed by atoms with Crippen LogP contribution in [0.1, 0.15) is 19.9 Å². The number of nitrogens with two attached hydrogens (primary N) is 2. The third-order valence-corrected chi connectivity index (χ3v) is 2.05. The molecule has 4 N–H and O–H groups in total. The van der Waals surface area contributed by atoms with Gasteiger partial charge in [-0.05, 0) is 19.9 Å². The molecule has 0 radical (unpaired) electrons. The maximum atomic E-state index is 11.3. The number of hydrogen-bond donors (Lipinski definition) is 2. The number of hydrogen-bond acceptors (Lipinski definition) is 4. The molecule has 0 saturated heterocycles. The van der Waals surface area contributed by atoms with Crippen molar-refractivity contribution in [2.75, 3.05) is 5.73 Å². The maximum absolute atomic E-state index is 11.3. The lowest BCUT2D eigenvalue weighted by atomic mass is 10.2. The molecule has 1 heterocycles. The molecule has 1 aromatic rings. The van der Waals surface area contributed by atoms with E-state index in [9.17, 15) is 4.79 Å². The van der Waals surface area contributed by atoms with E-state index in [0.717, 1.165) is 0 Å². The molecule has 1 rings (SSSR count). The van der Waals surface area contributed by atoms with Crippen LogP contribution in [-0.2, 0) is 0 Å². The van der Waals surface area contributed by atoms with E-state index in [-0.39, 0.29) is 23.6 Å². The highest BCUT2D eigenvalue weighted by atomic mass is 16.1. The summed E-state index contributed by atoms with van der Waals surface area (Å²) in [6.07, 6.45) is 1.61. The van der Waals surface area contributed by atoms with Crippen LogP contribution in [0.15, 0.2) is 17.1 Å². The average Bonchev–Trinajstić information content (AvgIpc) is 2.03. The minimum atomic E-state index is -0.357. The van der Waals surface area contributed by atoms with Crippen LogP contribution in [0, 0.1) is 0 Å². The summed E-state index contributed by atoms with van der Waals surface area (Å²) in [4.78, 5) is 14.9. The van der Waals surface area contributed by atoms with Crippen LogP contribution in [0.5, 0.6) is 0 Å². The Morgan fingerprint density at radius 1 is 1.54 bits per heavy atom. The Bertz CT molecular complexity index is 344.